The summed E-state index contributed by atoms with van der Waals surface area (Å²) in [6, 6.07) is 8.18. The van der Waals surface area contributed by atoms with E-state index in [0.717, 1.165) is 11.1 Å². The normalized spacial score (nSPS) is 18.6. The number of benzene rings is 1. The van der Waals surface area contributed by atoms with Gasteiger partial charge in [-0.1, -0.05) is 17.9 Å². The number of ether oxygens (including phenoxy) is 1. The molecule has 2 aromatic heterocycles. The summed E-state index contributed by atoms with van der Waals surface area (Å²) in [5.74, 6) is 5.85. The minimum Gasteiger partial charge on any atom is -0.497 e. The van der Waals surface area contributed by atoms with E-state index in [1.165, 1.54) is 24.4 Å². The molecule has 34 heavy (non-hydrogen) atoms. The molecule has 2 aliphatic heterocycles. The van der Waals surface area contributed by atoms with Crippen molar-refractivity contribution in [3.63, 3.8) is 0 Å². The maximum absolute atomic E-state index is 13.0. The number of hydrogen-bond acceptors (Lipinski definition) is 7. The third-order valence-corrected chi connectivity index (χ3v) is 5.56. The Balaban J connectivity index is 1.41. The second-order valence-corrected chi connectivity index (χ2v) is 7.78. The molecule has 4 amide bonds. The molecule has 168 valence electrons. The number of rotatable bonds is 4. The summed E-state index contributed by atoms with van der Waals surface area (Å²) in [6.45, 7) is 0.162. The molecule has 0 unspecified atom stereocenters. The SMILES string of the molecule is COc1ccc2c(c1)C(=O)N(C[C@@]1(C#Cc3cnc(-c4cccnc4)nc3)NC(=O)NC1=O)C2. The van der Waals surface area contributed by atoms with Crippen molar-refractivity contribution in [1.29, 1.82) is 0 Å². The van der Waals surface area contributed by atoms with Gasteiger partial charge in [0.05, 0.1) is 19.2 Å². The van der Waals surface area contributed by atoms with Gasteiger partial charge in [-0.3, -0.25) is 19.9 Å². The van der Waals surface area contributed by atoms with Crippen molar-refractivity contribution in [3.05, 3.63) is 71.8 Å². The lowest BCUT2D eigenvalue weighted by Gasteiger charge is -2.26. The average Bonchev–Trinajstić information content (AvgIpc) is 3.32. The van der Waals surface area contributed by atoms with Gasteiger partial charge in [-0.05, 0) is 29.8 Å². The van der Waals surface area contributed by atoms with Crippen LogP contribution in [0.3, 0.4) is 0 Å². The molecule has 0 aliphatic carbocycles. The van der Waals surface area contributed by atoms with Crippen LogP contribution in [0.15, 0.2) is 55.1 Å². The maximum Gasteiger partial charge on any atom is 0.323 e. The van der Waals surface area contributed by atoms with E-state index in [1.807, 2.05) is 6.07 Å². The zero-order valence-corrected chi connectivity index (χ0v) is 18.0. The molecule has 2 N–H and O–H groups in total. The lowest BCUT2D eigenvalue weighted by molar-refractivity contribution is -0.122. The van der Waals surface area contributed by atoms with E-state index in [-0.39, 0.29) is 19.0 Å². The number of fused-ring (bicyclic) bond motifs is 1. The van der Waals surface area contributed by atoms with E-state index in [4.69, 9.17) is 4.74 Å². The lowest BCUT2D eigenvalue weighted by atomic mass is 9.99. The highest BCUT2D eigenvalue weighted by molar-refractivity contribution is 6.10. The molecule has 1 atom stereocenters. The largest absolute Gasteiger partial charge is 0.497 e. The van der Waals surface area contributed by atoms with Gasteiger partial charge in [0.15, 0.2) is 5.82 Å². The molecule has 0 radical (unpaired) electrons. The first-order valence-corrected chi connectivity index (χ1v) is 10.3. The second kappa shape index (κ2) is 8.29. The molecule has 1 saturated heterocycles. The third kappa shape index (κ3) is 3.80. The van der Waals surface area contributed by atoms with Gasteiger partial charge in [-0.25, -0.2) is 14.8 Å². The molecule has 0 saturated carbocycles. The Bertz CT molecular complexity index is 1360. The quantitative estimate of drug-likeness (QED) is 0.447. The van der Waals surface area contributed by atoms with E-state index in [0.29, 0.717) is 22.7 Å². The molecule has 4 heterocycles. The number of pyridine rings is 1. The van der Waals surface area contributed by atoms with E-state index in [9.17, 15) is 14.4 Å². The molecular weight excluding hydrogens is 436 g/mol. The Morgan fingerprint density at radius 2 is 1.97 bits per heavy atom. The fourth-order valence-electron chi connectivity index (χ4n) is 3.83. The van der Waals surface area contributed by atoms with Gasteiger partial charge in [0.25, 0.3) is 11.8 Å². The summed E-state index contributed by atoms with van der Waals surface area (Å²) < 4.78 is 5.20. The number of urea groups is 1. The van der Waals surface area contributed by atoms with Crippen LogP contribution in [0.4, 0.5) is 4.79 Å². The van der Waals surface area contributed by atoms with E-state index < -0.39 is 17.5 Å². The van der Waals surface area contributed by atoms with Crippen LogP contribution in [-0.2, 0) is 11.3 Å². The molecule has 3 aromatic rings. The van der Waals surface area contributed by atoms with Gasteiger partial charge in [-0.2, -0.15) is 0 Å². The third-order valence-electron chi connectivity index (χ3n) is 5.56. The number of nitrogens with one attached hydrogen (secondary N) is 2. The molecule has 0 bridgehead atoms. The van der Waals surface area contributed by atoms with Crippen molar-refractivity contribution < 1.29 is 19.1 Å². The van der Waals surface area contributed by atoms with Crippen molar-refractivity contribution in [2.45, 2.75) is 12.1 Å². The van der Waals surface area contributed by atoms with Crippen LogP contribution in [0.25, 0.3) is 11.4 Å². The van der Waals surface area contributed by atoms with Crippen molar-refractivity contribution in [2.24, 2.45) is 0 Å². The number of imide groups is 1. The molecule has 2 aliphatic rings. The van der Waals surface area contributed by atoms with Gasteiger partial charge < -0.3 is 15.0 Å². The molecule has 1 aromatic carbocycles. The van der Waals surface area contributed by atoms with Crippen LogP contribution in [0, 0.1) is 11.8 Å². The molecular formula is C24H18N6O4. The Morgan fingerprint density at radius 1 is 1.15 bits per heavy atom. The smallest absolute Gasteiger partial charge is 0.323 e. The highest BCUT2D eigenvalue weighted by Gasteiger charge is 2.48. The van der Waals surface area contributed by atoms with E-state index in [1.54, 1.807) is 36.7 Å². The zero-order valence-electron chi connectivity index (χ0n) is 18.0. The van der Waals surface area contributed by atoms with Crippen molar-refractivity contribution in [2.75, 3.05) is 13.7 Å². The van der Waals surface area contributed by atoms with Crippen molar-refractivity contribution in [3.8, 4) is 29.0 Å². The van der Waals surface area contributed by atoms with Crippen LogP contribution in [-0.4, -0.2) is 56.9 Å². The highest BCUT2D eigenvalue weighted by atomic mass is 16.5. The Hall–Kier alpha value is -4.78. The summed E-state index contributed by atoms with van der Waals surface area (Å²) in [6.07, 6.45) is 6.35. The molecule has 10 heteroatoms. The fraction of sp³-hybridized carbons (Fsp3) is 0.167. The van der Waals surface area contributed by atoms with Crippen LogP contribution < -0.4 is 15.4 Å². The average molecular weight is 454 g/mol. The predicted molar refractivity (Wildman–Crippen MR) is 119 cm³/mol. The van der Waals surface area contributed by atoms with Crippen LogP contribution in [0.1, 0.15) is 21.5 Å². The van der Waals surface area contributed by atoms with E-state index >= 15 is 0 Å². The monoisotopic (exact) mass is 454 g/mol. The van der Waals surface area contributed by atoms with Crippen LogP contribution in [0.5, 0.6) is 5.75 Å². The first-order chi connectivity index (χ1) is 16.5. The second-order valence-electron chi connectivity index (χ2n) is 7.78. The van der Waals surface area contributed by atoms with Crippen molar-refractivity contribution >= 4 is 17.8 Å². The minimum absolute atomic E-state index is 0.123. The van der Waals surface area contributed by atoms with Crippen LogP contribution >= 0.6 is 0 Å². The summed E-state index contributed by atoms with van der Waals surface area (Å²) in [5.41, 5.74) is 0.886. The fourth-order valence-corrected chi connectivity index (χ4v) is 3.83. The summed E-state index contributed by atoms with van der Waals surface area (Å²) in [4.78, 5) is 51.8. The highest BCUT2D eigenvalue weighted by Crippen LogP contribution is 2.28. The van der Waals surface area contributed by atoms with E-state index in [2.05, 4.69) is 37.4 Å². The Kier molecular flexibility index (Phi) is 5.14. The molecule has 1 fully saturated rings. The Morgan fingerprint density at radius 3 is 2.65 bits per heavy atom. The molecule has 0 spiro atoms. The number of carbonyl (C=O) groups is 3. The molecule has 10 nitrogen and oxygen atoms in total. The van der Waals surface area contributed by atoms with Gasteiger partial charge in [0, 0.05) is 42.5 Å². The first-order valence-electron chi connectivity index (χ1n) is 10.3. The number of methoxy groups -OCH3 is 1. The van der Waals surface area contributed by atoms with Gasteiger partial charge in [-0.15, -0.1) is 0 Å². The van der Waals surface area contributed by atoms with Crippen molar-refractivity contribution in [1.82, 2.24) is 30.5 Å². The lowest BCUT2D eigenvalue weighted by Crippen LogP contribution is -2.54. The van der Waals surface area contributed by atoms with Crippen LogP contribution in [0.2, 0.25) is 0 Å². The first kappa shape index (κ1) is 21.1. The topological polar surface area (TPSA) is 126 Å². The predicted octanol–water partition coefficient (Wildman–Crippen LogP) is 1.13. The number of carbonyl (C=O) groups excluding carboxylic acids is 3. The minimum atomic E-state index is -1.61. The summed E-state index contributed by atoms with van der Waals surface area (Å²) in [5, 5.41) is 4.80. The standard InChI is InChI=1S/C24H18N6O4/c1-34-18-5-4-17-13-30(21(31)19(17)9-18)14-24(22(32)28-23(33)29-24)7-6-15-10-26-20(27-11-15)16-3-2-8-25-12-16/h2-5,8-12H,13-14H2,1H3,(H2,28,29,32,33)/t24-/m1/s1. The zero-order chi connectivity index (χ0) is 23.7. The summed E-state index contributed by atoms with van der Waals surface area (Å²) in [7, 11) is 1.52. The number of aromatic nitrogens is 3. The van der Waals surface area contributed by atoms with Gasteiger partial charge in [0.1, 0.15) is 5.75 Å². The summed E-state index contributed by atoms with van der Waals surface area (Å²) >= 11 is 0. The number of hydrogen-bond donors (Lipinski definition) is 2. The Labute approximate surface area is 194 Å². The molecule has 5 rings (SSSR count). The van der Waals surface area contributed by atoms with Gasteiger partial charge >= 0.3 is 6.03 Å². The maximum atomic E-state index is 13.0. The number of amides is 4. The van der Waals surface area contributed by atoms with Gasteiger partial charge in [0.2, 0.25) is 5.54 Å². The number of nitrogens with zero attached hydrogens (tertiary/aromatic N) is 4.